The predicted molar refractivity (Wildman–Crippen MR) is 118 cm³/mol. The molecule has 0 radical (unpaired) electrons. The molecule has 3 heterocycles. The lowest BCUT2D eigenvalue weighted by Crippen LogP contribution is -2.45. The third-order valence-corrected chi connectivity index (χ3v) is 5.76. The fourth-order valence-corrected chi connectivity index (χ4v) is 4.04. The molecule has 1 atom stereocenters. The molecule has 3 aromatic rings. The van der Waals surface area contributed by atoms with Gasteiger partial charge in [-0.1, -0.05) is 18.2 Å². The standard InChI is InChI=1S/C24H30N4O/c1-27(2)23(22-9-3-4-13-25-22)18-26-20-11-14-28(15-12-20)21-8-5-7-19(17-21)24-10-6-16-29-24/h3-10,13,16-17,20,23,26H,11-12,14-15,18H2,1-2H3. The lowest BCUT2D eigenvalue weighted by molar-refractivity contribution is 0.266. The van der Waals surface area contributed by atoms with Crippen LogP contribution in [0.4, 0.5) is 5.69 Å². The Labute approximate surface area is 173 Å². The van der Waals surface area contributed by atoms with E-state index in [0.29, 0.717) is 12.1 Å². The molecule has 0 amide bonds. The van der Waals surface area contributed by atoms with Crippen molar-refractivity contribution in [3.05, 3.63) is 72.8 Å². The normalized spacial score (nSPS) is 16.3. The van der Waals surface area contributed by atoms with Gasteiger partial charge in [-0.05, 0) is 63.3 Å². The molecule has 1 aromatic carbocycles. The molecule has 1 unspecified atom stereocenters. The summed E-state index contributed by atoms with van der Waals surface area (Å²) >= 11 is 0. The summed E-state index contributed by atoms with van der Waals surface area (Å²) in [6, 6.07) is 19.6. The van der Waals surface area contributed by atoms with Crippen molar-refractivity contribution in [3.63, 3.8) is 0 Å². The second-order valence-electron chi connectivity index (χ2n) is 7.93. The van der Waals surface area contributed by atoms with Gasteiger partial charge in [0.15, 0.2) is 0 Å². The number of rotatable bonds is 7. The molecule has 1 fully saturated rings. The molecule has 1 aliphatic heterocycles. The quantitative estimate of drug-likeness (QED) is 0.655. The van der Waals surface area contributed by atoms with E-state index in [2.05, 4.69) is 70.6 Å². The fourth-order valence-electron chi connectivity index (χ4n) is 4.04. The number of benzene rings is 1. The van der Waals surface area contributed by atoms with Crippen molar-refractivity contribution in [2.75, 3.05) is 38.6 Å². The number of nitrogens with zero attached hydrogens (tertiary/aromatic N) is 3. The van der Waals surface area contributed by atoms with E-state index in [1.165, 1.54) is 5.69 Å². The number of piperidine rings is 1. The first-order valence-electron chi connectivity index (χ1n) is 10.4. The van der Waals surface area contributed by atoms with Crippen molar-refractivity contribution < 1.29 is 4.42 Å². The number of hydrogen-bond donors (Lipinski definition) is 1. The van der Waals surface area contributed by atoms with Crippen molar-refractivity contribution in [2.24, 2.45) is 0 Å². The number of pyridine rings is 1. The minimum absolute atomic E-state index is 0.291. The lowest BCUT2D eigenvalue weighted by Gasteiger charge is -2.35. The maximum atomic E-state index is 5.55. The van der Waals surface area contributed by atoms with Gasteiger partial charge >= 0.3 is 0 Å². The molecule has 1 aliphatic rings. The highest BCUT2D eigenvalue weighted by Crippen LogP contribution is 2.27. The zero-order chi connectivity index (χ0) is 20.1. The number of likely N-dealkylation sites (N-methyl/N-ethyl adjacent to an activating group) is 1. The number of furan rings is 1. The van der Waals surface area contributed by atoms with Gasteiger partial charge in [0.2, 0.25) is 0 Å². The molecule has 1 N–H and O–H groups in total. The van der Waals surface area contributed by atoms with Gasteiger partial charge in [-0.15, -0.1) is 0 Å². The van der Waals surface area contributed by atoms with E-state index < -0.39 is 0 Å². The zero-order valence-electron chi connectivity index (χ0n) is 17.3. The Bertz CT molecular complexity index is 871. The lowest BCUT2D eigenvalue weighted by atomic mass is 10.0. The number of nitrogens with one attached hydrogen (secondary N) is 1. The van der Waals surface area contributed by atoms with Crippen LogP contribution in [0.15, 0.2) is 71.5 Å². The molecule has 0 saturated carbocycles. The van der Waals surface area contributed by atoms with E-state index >= 15 is 0 Å². The van der Waals surface area contributed by atoms with Crippen molar-refractivity contribution in [1.82, 2.24) is 15.2 Å². The molecule has 0 aliphatic carbocycles. The SMILES string of the molecule is CN(C)C(CNC1CCN(c2cccc(-c3ccco3)c2)CC1)c1ccccn1. The third-order valence-electron chi connectivity index (χ3n) is 5.76. The van der Waals surface area contributed by atoms with Crippen LogP contribution in [0.2, 0.25) is 0 Å². The van der Waals surface area contributed by atoms with Gasteiger partial charge in [0, 0.05) is 43.1 Å². The van der Waals surface area contributed by atoms with E-state index in [1.807, 2.05) is 24.4 Å². The first kappa shape index (κ1) is 19.7. The van der Waals surface area contributed by atoms with Crippen molar-refractivity contribution in [3.8, 4) is 11.3 Å². The highest BCUT2D eigenvalue weighted by atomic mass is 16.3. The number of hydrogen-bond acceptors (Lipinski definition) is 5. The van der Waals surface area contributed by atoms with Gasteiger partial charge in [-0.2, -0.15) is 0 Å². The van der Waals surface area contributed by atoms with Gasteiger partial charge in [-0.25, -0.2) is 0 Å². The van der Waals surface area contributed by atoms with E-state index in [1.54, 1.807) is 6.26 Å². The van der Waals surface area contributed by atoms with Crippen LogP contribution in [-0.4, -0.2) is 49.7 Å². The number of anilines is 1. The second kappa shape index (κ2) is 9.25. The highest BCUT2D eigenvalue weighted by Gasteiger charge is 2.22. The van der Waals surface area contributed by atoms with Crippen LogP contribution in [0, 0.1) is 0 Å². The predicted octanol–water partition coefficient (Wildman–Crippen LogP) is 4.20. The van der Waals surface area contributed by atoms with Gasteiger partial charge in [0.1, 0.15) is 5.76 Å². The molecule has 0 spiro atoms. The summed E-state index contributed by atoms with van der Waals surface area (Å²) in [5.41, 5.74) is 3.53. The first-order valence-corrected chi connectivity index (χ1v) is 10.4. The van der Waals surface area contributed by atoms with Gasteiger partial charge in [0.05, 0.1) is 18.0 Å². The van der Waals surface area contributed by atoms with Crippen LogP contribution in [0.3, 0.4) is 0 Å². The summed E-state index contributed by atoms with van der Waals surface area (Å²) in [5.74, 6) is 0.924. The van der Waals surface area contributed by atoms with Gasteiger partial charge < -0.3 is 14.6 Å². The van der Waals surface area contributed by atoms with Gasteiger partial charge in [-0.3, -0.25) is 9.88 Å². The van der Waals surface area contributed by atoms with E-state index in [4.69, 9.17) is 4.42 Å². The number of aromatic nitrogens is 1. The van der Waals surface area contributed by atoms with Crippen LogP contribution < -0.4 is 10.2 Å². The summed E-state index contributed by atoms with van der Waals surface area (Å²) in [5, 5.41) is 3.78. The molecular weight excluding hydrogens is 360 g/mol. The molecule has 0 bridgehead atoms. The maximum Gasteiger partial charge on any atom is 0.133 e. The smallest absolute Gasteiger partial charge is 0.133 e. The Morgan fingerprint density at radius 3 is 2.66 bits per heavy atom. The molecule has 2 aromatic heterocycles. The Morgan fingerprint density at radius 1 is 1.10 bits per heavy atom. The monoisotopic (exact) mass is 390 g/mol. The molecule has 5 heteroatoms. The van der Waals surface area contributed by atoms with Crippen LogP contribution in [-0.2, 0) is 0 Å². The van der Waals surface area contributed by atoms with Gasteiger partial charge in [0.25, 0.3) is 0 Å². The molecular formula is C24H30N4O. The highest BCUT2D eigenvalue weighted by molar-refractivity contribution is 5.64. The summed E-state index contributed by atoms with van der Waals surface area (Å²) < 4.78 is 5.55. The topological polar surface area (TPSA) is 44.5 Å². The first-order chi connectivity index (χ1) is 14.2. The maximum absolute atomic E-state index is 5.55. The molecule has 5 nitrogen and oxygen atoms in total. The summed E-state index contributed by atoms with van der Waals surface area (Å²) in [7, 11) is 4.24. The van der Waals surface area contributed by atoms with Crippen molar-refractivity contribution in [2.45, 2.75) is 24.9 Å². The van der Waals surface area contributed by atoms with Crippen molar-refractivity contribution in [1.29, 1.82) is 0 Å². The molecule has 4 rings (SSSR count). The average molecular weight is 391 g/mol. The Kier molecular flexibility index (Phi) is 6.27. The second-order valence-corrected chi connectivity index (χ2v) is 7.93. The van der Waals surface area contributed by atoms with Crippen LogP contribution >= 0.6 is 0 Å². The van der Waals surface area contributed by atoms with E-state index in [9.17, 15) is 0 Å². The average Bonchev–Trinajstić information content (AvgIpc) is 3.30. The summed E-state index contributed by atoms with van der Waals surface area (Å²) in [6.45, 7) is 3.05. The third kappa shape index (κ3) is 4.86. The summed E-state index contributed by atoms with van der Waals surface area (Å²) in [6.07, 6.45) is 5.90. The van der Waals surface area contributed by atoms with Crippen LogP contribution in [0.25, 0.3) is 11.3 Å². The fraction of sp³-hybridized carbons (Fsp3) is 0.375. The van der Waals surface area contributed by atoms with Crippen LogP contribution in [0.1, 0.15) is 24.6 Å². The Balaban J connectivity index is 1.32. The zero-order valence-corrected chi connectivity index (χ0v) is 17.3. The van der Waals surface area contributed by atoms with E-state index in [-0.39, 0.29) is 0 Å². The Hall–Kier alpha value is -2.63. The molecule has 29 heavy (non-hydrogen) atoms. The summed E-state index contributed by atoms with van der Waals surface area (Å²) in [4.78, 5) is 9.27. The minimum atomic E-state index is 0.291. The minimum Gasteiger partial charge on any atom is -0.464 e. The van der Waals surface area contributed by atoms with Crippen LogP contribution in [0.5, 0.6) is 0 Å². The van der Waals surface area contributed by atoms with E-state index in [0.717, 1.165) is 49.5 Å². The molecule has 1 saturated heterocycles. The largest absolute Gasteiger partial charge is 0.464 e. The molecule has 152 valence electrons. The van der Waals surface area contributed by atoms with Crippen molar-refractivity contribution >= 4 is 5.69 Å². The Morgan fingerprint density at radius 2 is 1.97 bits per heavy atom.